The summed E-state index contributed by atoms with van der Waals surface area (Å²) in [6.07, 6.45) is 0.389. The molecule has 1 saturated heterocycles. The van der Waals surface area contributed by atoms with E-state index in [1.54, 1.807) is 18.2 Å². The zero-order chi connectivity index (χ0) is 15.4. The predicted molar refractivity (Wildman–Crippen MR) is 74.2 cm³/mol. The van der Waals surface area contributed by atoms with Gasteiger partial charge < -0.3 is 5.11 Å². The largest absolute Gasteiger partial charge is 0.492 e. The lowest BCUT2D eigenvalue weighted by molar-refractivity contribution is -0.134. The number of imide groups is 1. The number of rotatable bonds is 1. The average Bonchev–Trinajstić information content (AvgIpc) is 2.78. The number of hydrogen-bond donors (Lipinski definition) is 2. The molecule has 2 aliphatic rings. The van der Waals surface area contributed by atoms with E-state index in [9.17, 15) is 19.5 Å². The van der Waals surface area contributed by atoms with Gasteiger partial charge in [0, 0.05) is 17.2 Å². The van der Waals surface area contributed by atoms with Gasteiger partial charge in [0.2, 0.25) is 17.7 Å². The molecular weight excluding hydrogens is 288 g/mol. The van der Waals surface area contributed by atoms with Crippen LogP contribution in [0.5, 0.6) is 5.88 Å². The molecule has 0 bridgehead atoms. The maximum atomic E-state index is 12.6. The van der Waals surface area contributed by atoms with Gasteiger partial charge in [-0.3, -0.25) is 24.6 Å². The number of aromatic nitrogens is 2. The van der Waals surface area contributed by atoms with Crippen molar-refractivity contribution in [1.82, 2.24) is 15.5 Å². The van der Waals surface area contributed by atoms with E-state index in [1.165, 1.54) is 4.90 Å². The molecule has 8 heteroatoms. The standard InChI is InChI=1S/C14H10N4O4/c19-9-5-4-8(13(21)15-9)18-11-10-6(12(20)17-16-11)2-1-3-7(10)14(18)22/h1-3,8H,4-5H2,(H,17,20)(H,15,19,21). The second-order valence-corrected chi connectivity index (χ2v) is 5.22. The quantitative estimate of drug-likeness (QED) is 0.722. The summed E-state index contributed by atoms with van der Waals surface area (Å²) in [6.45, 7) is 0. The van der Waals surface area contributed by atoms with Gasteiger partial charge in [0.05, 0.1) is 5.56 Å². The number of benzene rings is 1. The molecule has 1 aromatic carbocycles. The molecule has 2 N–H and O–H groups in total. The zero-order valence-corrected chi connectivity index (χ0v) is 11.2. The Bertz CT molecular complexity index is 863. The van der Waals surface area contributed by atoms with Gasteiger partial charge in [-0.05, 0) is 18.6 Å². The number of amides is 3. The first kappa shape index (κ1) is 12.7. The molecule has 1 unspecified atom stereocenters. The molecule has 0 aliphatic carbocycles. The molecule has 3 heterocycles. The van der Waals surface area contributed by atoms with Crippen molar-refractivity contribution in [1.29, 1.82) is 0 Å². The SMILES string of the molecule is O=C1CCC(N2C(=O)c3cccc4c(O)nnc2c34)C(=O)N1. The number of carbonyl (C=O) groups is 3. The maximum Gasteiger partial charge on any atom is 0.261 e. The van der Waals surface area contributed by atoms with E-state index in [0.717, 1.165) is 0 Å². The van der Waals surface area contributed by atoms with Crippen molar-refractivity contribution in [3.63, 3.8) is 0 Å². The number of piperidine rings is 1. The topological polar surface area (TPSA) is 112 Å². The van der Waals surface area contributed by atoms with E-state index < -0.39 is 11.9 Å². The third kappa shape index (κ3) is 1.54. The summed E-state index contributed by atoms with van der Waals surface area (Å²) in [5.74, 6) is -1.29. The van der Waals surface area contributed by atoms with E-state index in [-0.39, 0.29) is 36.4 Å². The second kappa shape index (κ2) is 4.23. The zero-order valence-electron chi connectivity index (χ0n) is 11.2. The van der Waals surface area contributed by atoms with Crippen LogP contribution in [-0.2, 0) is 9.59 Å². The molecule has 2 aliphatic heterocycles. The maximum absolute atomic E-state index is 12.6. The summed E-state index contributed by atoms with van der Waals surface area (Å²) in [6, 6.07) is 4.07. The smallest absolute Gasteiger partial charge is 0.261 e. The van der Waals surface area contributed by atoms with Crippen molar-refractivity contribution in [2.24, 2.45) is 0 Å². The number of carbonyl (C=O) groups excluding carboxylic acids is 3. The molecule has 3 amide bonds. The Balaban J connectivity index is 1.89. The Kier molecular flexibility index (Phi) is 2.44. The molecule has 0 spiro atoms. The predicted octanol–water partition coefficient (Wildman–Crippen LogP) is 0.101. The van der Waals surface area contributed by atoms with Crippen molar-refractivity contribution in [2.75, 3.05) is 4.90 Å². The molecule has 0 saturated carbocycles. The van der Waals surface area contributed by atoms with Gasteiger partial charge in [-0.15, -0.1) is 10.2 Å². The fraction of sp³-hybridized carbons (Fsp3) is 0.214. The minimum atomic E-state index is -0.806. The molecule has 22 heavy (non-hydrogen) atoms. The summed E-state index contributed by atoms with van der Waals surface area (Å²) in [5.41, 5.74) is 0.363. The van der Waals surface area contributed by atoms with Crippen molar-refractivity contribution >= 4 is 34.3 Å². The summed E-state index contributed by atoms with van der Waals surface area (Å²) in [4.78, 5) is 37.2. The minimum Gasteiger partial charge on any atom is -0.492 e. The summed E-state index contributed by atoms with van der Waals surface area (Å²) in [7, 11) is 0. The van der Waals surface area contributed by atoms with E-state index in [0.29, 0.717) is 16.3 Å². The molecule has 0 radical (unpaired) electrons. The Labute approximate surface area is 123 Å². The number of aromatic hydroxyl groups is 1. The fourth-order valence-electron chi connectivity index (χ4n) is 2.97. The normalized spacial score (nSPS) is 20.6. The monoisotopic (exact) mass is 298 g/mol. The van der Waals surface area contributed by atoms with Crippen molar-refractivity contribution < 1.29 is 19.5 Å². The van der Waals surface area contributed by atoms with Gasteiger partial charge >= 0.3 is 0 Å². The lowest BCUT2D eigenvalue weighted by atomic mass is 10.0. The van der Waals surface area contributed by atoms with Crippen LogP contribution in [0.2, 0.25) is 0 Å². The van der Waals surface area contributed by atoms with Crippen LogP contribution in [0.15, 0.2) is 18.2 Å². The Morgan fingerprint density at radius 2 is 2.05 bits per heavy atom. The summed E-state index contributed by atoms with van der Waals surface area (Å²) >= 11 is 0. The van der Waals surface area contributed by atoms with Gasteiger partial charge in [-0.25, -0.2) is 0 Å². The number of anilines is 1. The molecule has 4 rings (SSSR count). The molecule has 110 valence electrons. The van der Waals surface area contributed by atoms with Crippen LogP contribution in [0.4, 0.5) is 5.82 Å². The molecule has 8 nitrogen and oxygen atoms in total. The Morgan fingerprint density at radius 3 is 2.82 bits per heavy atom. The van der Waals surface area contributed by atoms with Gasteiger partial charge in [0.1, 0.15) is 6.04 Å². The van der Waals surface area contributed by atoms with Gasteiger partial charge in [0.15, 0.2) is 5.82 Å². The van der Waals surface area contributed by atoms with Crippen LogP contribution < -0.4 is 10.2 Å². The second-order valence-electron chi connectivity index (χ2n) is 5.22. The number of nitrogens with one attached hydrogen (secondary N) is 1. The molecule has 2 aromatic rings. The van der Waals surface area contributed by atoms with E-state index >= 15 is 0 Å². The summed E-state index contributed by atoms with van der Waals surface area (Å²) in [5, 5.41) is 20.4. The molecule has 1 aromatic heterocycles. The van der Waals surface area contributed by atoms with E-state index in [4.69, 9.17) is 0 Å². The molecular formula is C14H10N4O4. The first-order valence-corrected chi connectivity index (χ1v) is 6.73. The van der Waals surface area contributed by atoms with Gasteiger partial charge in [-0.1, -0.05) is 6.07 Å². The minimum absolute atomic E-state index is 0.158. The van der Waals surface area contributed by atoms with Crippen molar-refractivity contribution in [2.45, 2.75) is 18.9 Å². The van der Waals surface area contributed by atoms with Crippen molar-refractivity contribution in [3.05, 3.63) is 23.8 Å². The van der Waals surface area contributed by atoms with Crippen LogP contribution in [-0.4, -0.2) is 39.1 Å². The third-order valence-electron chi connectivity index (χ3n) is 3.97. The highest BCUT2D eigenvalue weighted by Crippen LogP contribution is 2.39. The van der Waals surface area contributed by atoms with Gasteiger partial charge in [0.25, 0.3) is 5.91 Å². The number of hydrogen-bond acceptors (Lipinski definition) is 6. The summed E-state index contributed by atoms with van der Waals surface area (Å²) < 4.78 is 0. The van der Waals surface area contributed by atoms with E-state index in [1.807, 2.05) is 0 Å². The highest BCUT2D eigenvalue weighted by molar-refractivity contribution is 6.26. The Morgan fingerprint density at radius 1 is 1.23 bits per heavy atom. The first-order chi connectivity index (χ1) is 10.6. The van der Waals surface area contributed by atoms with Crippen LogP contribution >= 0.6 is 0 Å². The lowest BCUT2D eigenvalue weighted by Gasteiger charge is -2.29. The highest BCUT2D eigenvalue weighted by atomic mass is 16.3. The molecule has 1 atom stereocenters. The average molecular weight is 298 g/mol. The lowest BCUT2D eigenvalue weighted by Crippen LogP contribution is -2.53. The van der Waals surface area contributed by atoms with Crippen LogP contribution in [0, 0.1) is 0 Å². The highest BCUT2D eigenvalue weighted by Gasteiger charge is 2.42. The number of nitrogens with zero attached hydrogens (tertiary/aromatic N) is 3. The third-order valence-corrected chi connectivity index (χ3v) is 3.97. The van der Waals surface area contributed by atoms with Gasteiger partial charge in [-0.2, -0.15) is 0 Å². The Hall–Kier alpha value is -3.03. The van der Waals surface area contributed by atoms with Crippen molar-refractivity contribution in [3.8, 4) is 5.88 Å². The van der Waals surface area contributed by atoms with Crippen LogP contribution in [0.1, 0.15) is 23.2 Å². The first-order valence-electron chi connectivity index (χ1n) is 6.73. The van der Waals surface area contributed by atoms with E-state index in [2.05, 4.69) is 15.5 Å². The van der Waals surface area contributed by atoms with Crippen LogP contribution in [0.3, 0.4) is 0 Å². The molecule has 1 fully saturated rings. The fourth-order valence-corrected chi connectivity index (χ4v) is 2.97. The van der Waals surface area contributed by atoms with Crippen LogP contribution in [0.25, 0.3) is 10.8 Å².